The summed E-state index contributed by atoms with van der Waals surface area (Å²) in [6.07, 6.45) is 79.0. The Morgan fingerprint density at radius 2 is 0.586 bits per heavy atom. The zero-order valence-electron chi connectivity index (χ0n) is 45.2. The highest BCUT2D eigenvalue weighted by Crippen LogP contribution is 2.13. The van der Waals surface area contributed by atoms with Crippen LogP contribution in [0.4, 0.5) is 0 Å². The van der Waals surface area contributed by atoms with E-state index in [1.807, 2.05) is 0 Å². The van der Waals surface area contributed by atoms with Gasteiger partial charge in [0.1, 0.15) is 13.2 Å². The average molecular weight is 970 g/mol. The number of hydrogen-bond acceptors (Lipinski definition) is 6. The highest BCUT2D eigenvalue weighted by molar-refractivity contribution is 5.71. The smallest absolute Gasteiger partial charge is 0.306 e. The normalized spacial score (nSPS) is 13.0. The molecule has 1 unspecified atom stereocenters. The lowest BCUT2D eigenvalue weighted by atomic mass is 10.1. The van der Waals surface area contributed by atoms with Crippen molar-refractivity contribution in [2.24, 2.45) is 0 Å². The van der Waals surface area contributed by atoms with Gasteiger partial charge in [0.2, 0.25) is 0 Å². The average Bonchev–Trinajstić information content (AvgIpc) is 3.36. The number of carbonyl (C=O) groups is 3. The van der Waals surface area contributed by atoms with E-state index >= 15 is 0 Å². The SMILES string of the molecule is CC/C=C\C/C=C\C/C=C\C/C=C\C/C=C\C/C=C\CCCCC(=O)OCC(COC(=O)CCCCCCC/C=C\C/C=C\CCC)OC(=O)CCCCCCCCC/C=C\C/C=C\CCCCCC. The van der Waals surface area contributed by atoms with Gasteiger partial charge in [-0.1, -0.05) is 219 Å². The minimum Gasteiger partial charge on any atom is -0.462 e. The Balaban J connectivity index is 4.50. The van der Waals surface area contributed by atoms with E-state index in [1.165, 1.54) is 64.2 Å². The first-order chi connectivity index (χ1) is 34.5. The minimum absolute atomic E-state index is 0.106. The molecule has 0 heterocycles. The summed E-state index contributed by atoms with van der Waals surface area (Å²) in [7, 11) is 0. The molecular weight excluding hydrogens is 865 g/mol. The van der Waals surface area contributed by atoms with Crippen LogP contribution < -0.4 is 0 Å². The van der Waals surface area contributed by atoms with Crippen LogP contribution in [0.5, 0.6) is 0 Å². The Labute approximate surface area is 431 Å². The molecular formula is C64H104O6. The Bertz CT molecular complexity index is 1490. The molecule has 0 aliphatic carbocycles. The molecule has 0 aliphatic rings. The van der Waals surface area contributed by atoms with E-state index in [-0.39, 0.29) is 31.1 Å². The summed E-state index contributed by atoms with van der Waals surface area (Å²) in [6, 6.07) is 0. The Hall–Kier alpha value is -4.19. The molecule has 0 aliphatic heterocycles. The molecule has 6 heteroatoms. The molecule has 396 valence electrons. The molecule has 0 amide bonds. The summed E-state index contributed by atoms with van der Waals surface area (Å²) >= 11 is 0. The summed E-state index contributed by atoms with van der Waals surface area (Å²) in [4.78, 5) is 38.1. The Morgan fingerprint density at radius 1 is 0.300 bits per heavy atom. The van der Waals surface area contributed by atoms with Crippen molar-refractivity contribution >= 4 is 17.9 Å². The zero-order valence-corrected chi connectivity index (χ0v) is 45.2. The molecule has 6 nitrogen and oxygen atoms in total. The van der Waals surface area contributed by atoms with Crippen molar-refractivity contribution in [3.05, 3.63) is 122 Å². The minimum atomic E-state index is -0.810. The molecule has 0 saturated carbocycles. The molecule has 0 N–H and O–H groups in total. The van der Waals surface area contributed by atoms with Crippen LogP contribution in [0.25, 0.3) is 0 Å². The van der Waals surface area contributed by atoms with Crippen LogP contribution in [0.15, 0.2) is 122 Å². The Kier molecular flexibility index (Phi) is 54.0. The van der Waals surface area contributed by atoms with E-state index < -0.39 is 6.10 Å². The van der Waals surface area contributed by atoms with Gasteiger partial charge in [0.15, 0.2) is 6.10 Å². The standard InChI is InChI=1S/C64H104O6/c1-4-7-10-13-16-19-22-25-27-29-31-32-33-35-36-39-42-45-48-51-54-57-63(66)69-60-61(59-68-62(65)56-53-50-47-44-41-38-24-21-18-15-12-9-6-3)70-64(67)58-55-52-49-46-43-40-37-34-30-28-26-23-20-17-14-11-8-5-2/h7,10,12,15-16,19-21,23-25,27-28,30-32,35-36,42,45,61H,4-6,8-9,11,13-14,17-18,22,26,29,33-34,37-41,43-44,46-60H2,1-3H3/b10-7-,15-12-,19-16-,23-20-,24-21-,27-25-,30-28-,32-31-,36-35-,45-42-. The lowest BCUT2D eigenvalue weighted by Crippen LogP contribution is -2.30. The molecule has 0 bridgehead atoms. The summed E-state index contributed by atoms with van der Waals surface area (Å²) in [5.41, 5.74) is 0. The Morgan fingerprint density at radius 3 is 0.957 bits per heavy atom. The topological polar surface area (TPSA) is 78.9 Å². The van der Waals surface area contributed by atoms with Crippen molar-refractivity contribution in [3.8, 4) is 0 Å². The largest absolute Gasteiger partial charge is 0.462 e. The lowest BCUT2D eigenvalue weighted by Gasteiger charge is -2.18. The monoisotopic (exact) mass is 969 g/mol. The molecule has 0 aromatic rings. The van der Waals surface area contributed by atoms with Gasteiger partial charge in [-0.05, 0) is 128 Å². The van der Waals surface area contributed by atoms with E-state index in [0.717, 1.165) is 135 Å². The number of esters is 3. The maximum atomic E-state index is 12.9. The summed E-state index contributed by atoms with van der Waals surface area (Å²) in [5, 5.41) is 0. The second-order valence-electron chi connectivity index (χ2n) is 18.5. The summed E-state index contributed by atoms with van der Waals surface area (Å²) in [6.45, 7) is 6.38. The third kappa shape index (κ3) is 54.7. The van der Waals surface area contributed by atoms with Gasteiger partial charge in [0.05, 0.1) is 0 Å². The van der Waals surface area contributed by atoms with Crippen molar-refractivity contribution in [3.63, 3.8) is 0 Å². The number of carbonyl (C=O) groups excluding carboxylic acids is 3. The molecule has 0 aromatic carbocycles. The lowest BCUT2D eigenvalue weighted by molar-refractivity contribution is -0.167. The maximum absolute atomic E-state index is 12.9. The van der Waals surface area contributed by atoms with Gasteiger partial charge >= 0.3 is 17.9 Å². The highest BCUT2D eigenvalue weighted by atomic mass is 16.6. The fraction of sp³-hybridized carbons (Fsp3) is 0.641. The van der Waals surface area contributed by atoms with E-state index in [2.05, 4.69) is 142 Å². The van der Waals surface area contributed by atoms with Crippen LogP contribution in [-0.4, -0.2) is 37.2 Å². The van der Waals surface area contributed by atoms with E-state index in [4.69, 9.17) is 14.2 Å². The zero-order chi connectivity index (χ0) is 50.7. The van der Waals surface area contributed by atoms with Gasteiger partial charge in [-0.2, -0.15) is 0 Å². The third-order valence-corrected chi connectivity index (χ3v) is 11.7. The first-order valence-electron chi connectivity index (χ1n) is 28.5. The molecule has 0 spiro atoms. The summed E-state index contributed by atoms with van der Waals surface area (Å²) < 4.78 is 16.8. The number of allylic oxidation sites excluding steroid dienone is 20. The van der Waals surface area contributed by atoms with Crippen LogP contribution >= 0.6 is 0 Å². The number of rotatable bonds is 50. The molecule has 0 rings (SSSR count). The molecule has 0 saturated heterocycles. The van der Waals surface area contributed by atoms with Crippen molar-refractivity contribution < 1.29 is 28.6 Å². The van der Waals surface area contributed by atoms with Gasteiger partial charge in [-0.3, -0.25) is 14.4 Å². The fourth-order valence-corrected chi connectivity index (χ4v) is 7.39. The predicted octanol–water partition coefficient (Wildman–Crippen LogP) is 19.3. The maximum Gasteiger partial charge on any atom is 0.306 e. The quantitative estimate of drug-likeness (QED) is 0.0262. The molecule has 1 atom stereocenters. The van der Waals surface area contributed by atoms with Gasteiger partial charge in [0, 0.05) is 19.3 Å². The predicted molar refractivity (Wildman–Crippen MR) is 302 cm³/mol. The van der Waals surface area contributed by atoms with Gasteiger partial charge in [0.25, 0.3) is 0 Å². The second kappa shape index (κ2) is 57.4. The molecule has 0 aromatic heterocycles. The van der Waals surface area contributed by atoms with E-state index in [1.54, 1.807) is 0 Å². The third-order valence-electron chi connectivity index (χ3n) is 11.7. The second-order valence-corrected chi connectivity index (χ2v) is 18.5. The van der Waals surface area contributed by atoms with Crippen LogP contribution in [0.1, 0.15) is 245 Å². The van der Waals surface area contributed by atoms with Crippen LogP contribution in [0.2, 0.25) is 0 Å². The number of ether oxygens (including phenoxy) is 3. The van der Waals surface area contributed by atoms with Gasteiger partial charge in [-0.15, -0.1) is 0 Å². The van der Waals surface area contributed by atoms with Crippen LogP contribution in [0, 0.1) is 0 Å². The molecule has 70 heavy (non-hydrogen) atoms. The van der Waals surface area contributed by atoms with Crippen LogP contribution in [-0.2, 0) is 28.6 Å². The van der Waals surface area contributed by atoms with E-state index in [9.17, 15) is 14.4 Å². The fourth-order valence-electron chi connectivity index (χ4n) is 7.39. The van der Waals surface area contributed by atoms with Crippen molar-refractivity contribution in [1.29, 1.82) is 0 Å². The molecule has 0 radical (unpaired) electrons. The van der Waals surface area contributed by atoms with Crippen molar-refractivity contribution in [1.82, 2.24) is 0 Å². The van der Waals surface area contributed by atoms with Gasteiger partial charge in [-0.25, -0.2) is 0 Å². The first-order valence-corrected chi connectivity index (χ1v) is 28.5. The van der Waals surface area contributed by atoms with E-state index in [0.29, 0.717) is 25.7 Å². The highest BCUT2D eigenvalue weighted by Gasteiger charge is 2.19. The van der Waals surface area contributed by atoms with Crippen molar-refractivity contribution in [2.45, 2.75) is 252 Å². The summed E-state index contributed by atoms with van der Waals surface area (Å²) in [5.74, 6) is -0.974. The molecule has 0 fully saturated rings. The number of hydrogen-bond donors (Lipinski definition) is 0. The van der Waals surface area contributed by atoms with Gasteiger partial charge < -0.3 is 14.2 Å². The van der Waals surface area contributed by atoms with Crippen LogP contribution in [0.3, 0.4) is 0 Å². The number of unbranched alkanes of at least 4 members (excludes halogenated alkanes) is 19. The van der Waals surface area contributed by atoms with Crippen molar-refractivity contribution in [2.75, 3.05) is 13.2 Å². The first kappa shape index (κ1) is 65.8.